The Balaban J connectivity index is 2.24. The first-order valence-corrected chi connectivity index (χ1v) is 4.82. The lowest BCUT2D eigenvalue weighted by atomic mass is 10.2. The van der Waals surface area contributed by atoms with E-state index in [0.717, 1.165) is 13.0 Å². The zero-order chi connectivity index (χ0) is 11.3. The average Bonchev–Trinajstić information content (AvgIpc) is 2.67. The minimum Gasteiger partial charge on any atom is -0.391 e. The van der Waals surface area contributed by atoms with Gasteiger partial charge in [0.1, 0.15) is 12.6 Å². The van der Waals surface area contributed by atoms with Gasteiger partial charge in [0.05, 0.1) is 0 Å². The average molecular weight is 214 g/mol. The van der Waals surface area contributed by atoms with Gasteiger partial charge < -0.3 is 15.4 Å². The fourth-order valence-electron chi connectivity index (χ4n) is 1.30. The lowest BCUT2D eigenvalue weighted by Crippen LogP contribution is -2.37. The molecule has 1 aliphatic heterocycles. The summed E-state index contributed by atoms with van der Waals surface area (Å²) >= 11 is 0. The van der Waals surface area contributed by atoms with E-state index >= 15 is 0 Å². The first-order valence-electron chi connectivity index (χ1n) is 4.82. The fraction of sp³-hybridized carbons (Fsp3) is 0.667. The molecule has 15 heavy (non-hydrogen) atoms. The van der Waals surface area contributed by atoms with E-state index in [4.69, 9.17) is 0 Å². The van der Waals surface area contributed by atoms with E-state index in [1.165, 1.54) is 6.92 Å². The van der Waals surface area contributed by atoms with E-state index in [1.807, 2.05) is 0 Å². The van der Waals surface area contributed by atoms with Gasteiger partial charge in [-0.3, -0.25) is 4.79 Å². The highest BCUT2D eigenvalue weighted by atomic mass is 16.6. The van der Waals surface area contributed by atoms with Crippen molar-refractivity contribution >= 4 is 17.8 Å². The van der Waals surface area contributed by atoms with Crippen molar-refractivity contribution in [3.63, 3.8) is 0 Å². The number of nitrogens with one attached hydrogen (secondary N) is 2. The molecule has 0 aromatic heterocycles. The van der Waals surface area contributed by atoms with Gasteiger partial charge >= 0.3 is 11.9 Å². The highest BCUT2D eigenvalue weighted by Crippen LogP contribution is 2.06. The van der Waals surface area contributed by atoms with Gasteiger partial charge in [-0.25, -0.2) is 9.59 Å². The van der Waals surface area contributed by atoms with Gasteiger partial charge in [0.2, 0.25) is 5.91 Å². The van der Waals surface area contributed by atoms with Crippen molar-refractivity contribution in [2.45, 2.75) is 25.8 Å². The first-order chi connectivity index (χ1) is 7.09. The van der Waals surface area contributed by atoms with Crippen molar-refractivity contribution in [1.29, 1.82) is 0 Å². The highest BCUT2D eigenvalue weighted by Gasteiger charge is 2.25. The molecule has 6 heteroatoms. The van der Waals surface area contributed by atoms with Gasteiger partial charge in [0.15, 0.2) is 0 Å². The number of carbonyl (C=O) groups is 3. The third-order valence-corrected chi connectivity index (χ3v) is 2.04. The molecule has 0 unspecified atom stereocenters. The normalized spacial score (nSPS) is 19.7. The molecule has 1 fully saturated rings. The van der Waals surface area contributed by atoms with E-state index in [0.29, 0.717) is 6.42 Å². The van der Waals surface area contributed by atoms with Crippen LogP contribution in [-0.4, -0.2) is 37.0 Å². The van der Waals surface area contributed by atoms with Gasteiger partial charge in [-0.2, -0.15) is 0 Å². The molecular formula is C9H14N2O4. The van der Waals surface area contributed by atoms with Crippen molar-refractivity contribution in [3.8, 4) is 0 Å². The van der Waals surface area contributed by atoms with Crippen molar-refractivity contribution in [1.82, 2.24) is 10.6 Å². The number of esters is 2. The van der Waals surface area contributed by atoms with Crippen LogP contribution >= 0.6 is 0 Å². The molecule has 2 N–H and O–H groups in total. The lowest BCUT2D eigenvalue weighted by molar-refractivity contribution is -0.160. The Bertz CT molecular complexity index is 271. The molecule has 1 saturated heterocycles. The van der Waals surface area contributed by atoms with Crippen LogP contribution in [0.1, 0.15) is 19.8 Å². The van der Waals surface area contributed by atoms with Crippen molar-refractivity contribution in [2.24, 2.45) is 0 Å². The summed E-state index contributed by atoms with van der Waals surface area (Å²) in [7, 11) is 0. The Morgan fingerprint density at radius 3 is 2.73 bits per heavy atom. The smallest absolute Gasteiger partial charge is 0.333 e. The van der Waals surface area contributed by atoms with Gasteiger partial charge in [-0.15, -0.1) is 0 Å². The molecule has 0 bridgehead atoms. The van der Waals surface area contributed by atoms with Crippen molar-refractivity contribution < 1.29 is 19.1 Å². The van der Waals surface area contributed by atoms with Gasteiger partial charge in [0, 0.05) is 6.92 Å². The summed E-state index contributed by atoms with van der Waals surface area (Å²) in [6.45, 7) is 1.78. The quantitative estimate of drug-likeness (QED) is 0.462. The van der Waals surface area contributed by atoms with E-state index < -0.39 is 11.9 Å². The zero-order valence-corrected chi connectivity index (χ0v) is 8.54. The van der Waals surface area contributed by atoms with Crippen LogP contribution in [0.15, 0.2) is 0 Å². The van der Waals surface area contributed by atoms with Crippen molar-refractivity contribution in [2.75, 3.05) is 13.1 Å². The molecule has 6 nitrogen and oxygen atoms in total. The third-order valence-electron chi connectivity index (χ3n) is 2.04. The molecule has 0 radical (unpaired) electrons. The number of hydrogen-bond donors (Lipinski definition) is 2. The number of ether oxygens (including phenoxy) is 1. The maximum Gasteiger partial charge on any atom is 0.333 e. The molecule has 1 amide bonds. The predicted octanol–water partition coefficient (Wildman–Crippen LogP) is -1.06. The number of rotatable bonds is 3. The second-order valence-electron chi connectivity index (χ2n) is 3.35. The Kier molecular flexibility index (Phi) is 4.23. The maximum absolute atomic E-state index is 11.3. The van der Waals surface area contributed by atoms with Crippen LogP contribution in [0.2, 0.25) is 0 Å². The van der Waals surface area contributed by atoms with Gasteiger partial charge in [-0.05, 0) is 19.4 Å². The fourth-order valence-corrected chi connectivity index (χ4v) is 1.30. The Morgan fingerprint density at radius 1 is 1.47 bits per heavy atom. The first kappa shape index (κ1) is 11.6. The van der Waals surface area contributed by atoms with E-state index in [9.17, 15) is 14.4 Å². The topological polar surface area (TPSA) is 84.5 Å². The van der Waals surface area contributed by atoms with Crippen LogP contribution in [-0.2, 0) is 19.1 Å². The third kappa shape index (κ3) is 4.07. The van der Waals surface area contributed by atoms with Crippen molar-refractivity contribution in [3.05, 3.63) is 0 Å². The number of carbonyl (C=O) groups excluding carboxylic acids is 3. The minimum absolute atomic E-state index is 0.270. The molecule has 0 spiro atoms. The molecule has 0 aliphatic carbocycles. The number of amides is 1. The zero-order valence-electron chi connectivity index (χ0n) is 8.54. The predicted molar refractivity (Wildman–Crippen MR) is 50.8 cm³/mol. The standard InChI is InChI=1S/C9H14N2O4/c1-6(12)11-5-8(13)15-9(14)7-3-2-4-10-7/h7,10H,2-5H2,1H3,(H,11,12)/t7-/m0/s1. The second kappa shape index (κ2) is 5.45. The molecule has 0 aromatic carbocycles. The highest BCUT2D eigenvalue weighted by molar-refractivity contribution is 5.90. The summed E-state index contributed by atoms with van der Waals surface area (Å²) in [5.41, 5.74) is 0. The summed E-state index contributed by atoms with van der Waals surface area (Å²) in [5.74, 6) is -1.63. The largest absolute Gasteiger partial charge is 0.391 e. The van der Waals surface area contributed by atoms with Crippen LogP contribution in [0.3, 0.4) is 0 Å². The van der Waals surface area contributed by atoms with E-state index in [-0.39, 0.29) is 18.5 Å². The molecule has 84 valence electrons. The summed E-state index contributed by atoms with van der Waals surface area (Å²) < 4.78 is 4.53. The Morgan fingerprint density at radius 2 is 2.20 bits per heavy atom. The number of hydrogen-bond acceptors (Lipinski definition) is 5. The van der Waals surface area contributed by atoms with Gasteiger partial charge in [0.25, 0.3) is 0 Å². The molecule has 1 atom stereocenters. The van der Waals surface area contributed by atoms with E-state index in [1.54, 1.807) is 0 Å². The maximum atomic E-state index is 11.3. The van der Waals surface area contributed by atoms with Crippen LogP contribution < -0.4 is 10.6 Å². The van der Waals surface area contributed by atoms with Crippen LogP contribution in [0.5, 0.6) is 0 Å². The molecular weight excluding hydrogens is 200 g/mol. The summed E-state index contributed by atoms with van der Waals surface area (Å²) in [4.78, 5) is 32.8. The summed E-state index contributed by atoms with van der Waals surface area (Å²) in [5, 5.41) is 5.17. The monoisotopic (exact) mass is 214 g/mol. The molecule has 1 rings (SSSR count). The van der Waals surface area contributed by atoms with Crippen LogP contribution in [0, 0.1) is 0 Å². The second-order valence-corrected chi connectivity index (χ2v) is 3.35. The molecule has 0 aromatic rings. The molecule has 1 heterocycles. The van der Waals surface area contributed by atoms with E-state index in [2.05, 4.69) is 15.4 Å². The van der Waals surface area contributed by atoms with Crippen LogP contribution in [0.4, 0.5) is 0 Å². The minimum atomic E-state index is -0.732. The SMILES string of the molecule is CC(=O)NCC(=O)OC(=O)[C@@H]1CCCN1. The van der Waals surface area contributed by atoms with Gasteiger partial charge in [-0.1, -0.05) is 0 Å². The summed E-state index contributed by atoms with van der Waals surface area (Å²) in [6.07, 6.45) is 1.59. The van der Waals surface area contributed by atoms with Crippen LogP contribution in [0.25, 0.3) is 0 Å². The molecule has 0 saturated carbocycles. The Hall–Kier alpha value is -1.43. The lowest BCUT2D eigenvalue weighted by Gasteiger charge is -2.08. The Labute approximate surface area is 87.4 Å². The molecule has 1 aliphatic rings. The summed E-state index contributed by atoms with van der Waals surface area (Å²) in [6, 6.07) is -0.383.